The van der Waals surface area contributed by atoms with E-state index in [2.05, 4.69) is 27.4 Å². The molecule has 4 bridgehead atoms. The molecule has 5 atom stereocenters. The van der Waals surface area contributed by atoms with Crippen LogP contribution in [0.5, 0.6) is 0 Å². The lowest BCUT2D eigenvalue weighted by molar-refractivity contribution is -0.194. The van der Waals surface area contributed by atoms with Gasteiger partial charge in [-0.2, -0.15) is 0 Å². The number of hydrogen-bond acceptors (Lipinski definition) is 0. The molecule has 0 aliphatic heterocycles. The van der Waals surface area contributed by atoms with Crippen LogP contribution >= 0.6 is 0 Å². The maximum absolute atomic E-state index is 4.35. The summed E-state index contributed by atoms with van der Waals surface area (Å²) in [5.41, 5.74) is 2.26. The van der Waals surface area contributed by atoms with Crippen molar-refractivity contribution in [3.63, 3.8) is 0 Å². The molecule has 4 aliphatic carbocycles. The third kappa shape index (κ3) is 1.04. The molecule has 0 radical (unpaired) electrons. The summed E-state index contributed by atoms with van der Waals surface area (Å²) in [7, 11) is 0. The maximum atomic E-state index is 4.35. The zero-order valence-electron chi connectivity index (χ0n) is 10.4. The number of fused-ring (bicyclic) bond motifs is 2. The summed E-state index contributed by atoms with van der Waals surface area (Å²) < 4.78 is 0. The van der Waals surface area contributed by atoms with Crippen LogP contribution in [0.25, 0.3) is 0 Å². The highest BCUT2D eigenvalue weighted by molar-refractivity contribution is 5.26. The quantitative estimate of drug-likeness (QED) is 0.559. The monoisotopic (exact) mass is 204 g/mol. The van der Waals surface area contributed by atoms with Gasteiger partial charge in [0.05, 0.1) is 0 Å². The summed E-state index contributed by atoms with van der Waals surface area (Å²) in [5, 5.41) is 0. The van der Waals surface area contributed by atoms with Crippen molar-refractivity contribution in [1.82, 2.24) is 0 Å². The van der Waals surface area contributed by atoms with Crippen LogP contribution < -0.4 is 0 Å². The molecule has 0 N–H and O–H groups in total. The second-order valence-corrected chi connectivity index (χ2v) is 6.81. The SMILES string of the molecule is C=C1CC[C@@H]2[C@@H]3C1[C@]2(C)CC[C@H]3C(C)C. The molecule has 4 fully saturated rings. The summed E-state index contributed by atoms with van der Waals surface area (Å²) in [4.78, 5) is 0. The highest BCUT2D eigenvalue weighted by Gasteiger charge is 2.65. The van der Waals surface area contributed by atoms with Crippen molar-refractivity contribution in [2.75, 3.05) is 0 Å². The van der Waals surface area contributed by atoms with Gasteiger partial charge in [-0.3, -0.25) is 0 Å². The van der Waals surface area contributed by atoms with E-state index in [1.54, 1.807) is 5.57 Å². The smallest absolute Gasteiger partial charge is 0.0115 e. The van der Waals surface area contributed by atoms with Crippen LogP contribution in [0.15, 0.2) is 12.2 Å². The molecule has 0 aromatic heterocycles. The van der Waals surface area contributed by atoms with Crippen molar-refractivity contribution in [2.24, 2.45) is 35.0 Å². The van der Waals surface area contributed by atoms with Crippen molar-refractivity contribution in [3.05, 3.63) is 12.2 Å². The second kappa shape index (κ2) is 2.90. The average molecular weight is 204 g/mol. The Morgan fingerprint density at radius 1 is 1.33 bits per heavy atom. The highest BCUT2D eigenvalue weighted by Crippen LogP contribution is 2.72. The Morgan fingerprint density at radius 2 is 2.07 bits per heavy atom. The molecule has 0 spiro atoms. The van der Waals surface area contributed by atoms with E-state index >= 15 is 0 Å². The summed E-state index contributed by atoms with van der Waals surface area (Å²) in [6.07, 6.45) is 5.73. The minimum Gasteiger partial charge on any atom is -0.0995 e. The number of rotatable bonds is 1. The number of allylic oxidation sites excluding steroid dienone is 1. The molecule has 0 aromatic carbocycles. The molecular formula is C15H24. The van der Waals surface area contributed by atoms with E-state index in [0.29, 0.717) is 5.41 Å². The van der Waals surface area contributed by atoms with Gasteiger partial charge in [0.1, 0.15) is 0 Å². The third-order valence-corrected chi connectivity index (χ3v) is 5.99. The molecule has 4 saturated carbocycles. The van der Waals surface area contributed by atoms with Gasteiger partial charge in [-0.25, -0.2) is 0 Å². The van der Waals surface area contributed by atoms with Gasteiger partial charge in [0.2, 0.25) is 0 Å². The van der Waals surface area contributed by atoms with Gasteiger partial charge in [-0.15, -0.1) is 0 Å². The Bertz CT molecular complexity index is 299. The molecule has 84 valence electrons. The first kappa shape index (κ1) is 9.93. The largest absolute Gasteiger partial charge is 0.0995 e. The van der Waals surface area contributed by atoms with Gasteiger partial charge in [0.25, 0.3) is 0 Å². The van der Waals surface area contributed by atoms with Crippen LogP contribution in [0.3, 0.4) is 0 Å². The zero-order valence-corrected chi connectivity index (χ0v) is 10.4. The van der Waals surface area contributed by atoms with E-state index in [4.69, 9.17) is 0 Å². The third-order valence-electron chi connectivity index (χ3n) is 5.99. The van der Waals surface area contributed by atoms with Crippen LogP contribution in [0.2, 0.25) is 0 Å². The molecule has 0 aromatic rings. The standard InChI is InChI=1S/C15H24/c1-9(2)11-7-8-15(4)12-6-5-10(3)14(15)13(11)12/h9,11-14H,3,5-8H2,1-2,4H3/t11-,12+,13+,14?,15+/m0/s1. The molecular weight excluding hydrogens is 180 g/mol. The topological polar surface area (TPSA) is 0 Å². The highest BCUT2D eigenvalue weighted by atomic mass is 14.7. The molecule has 0 heteroatoms. The first-order chi connectivity index (χ1) is 7.05. The molecule has 4 aliphatic rings. The summed E-state index contributed by atoms with van der Waals surface area (Å²) in [6.45, 7) is 11.7. The Balaban J connectivity index is 1.93. The molecule has 4 rings (SSSR count). The van der Waals surface area contributed by atoms with Crippen LogP contribution in [-0.4, -0.2) is 0 Å². The normalized spacial score (nSPS) is 52.9. The van der Waals surface area contributed by atoms with E-state index < -0.39 is 0 Å². The Kier molecular flexibility index (Phi) is 1.92. The zero-order chi connectivity index (χ0) is 10.8. The predicted octanol–water partition coefficient (Wildman–Crippen LogP) is 4.27. The summed E-state index contributed by atoms with van der Waals surface area (Å²) >= 11 is 0. The number of hydrogen-bond donors (Lipinski definition) is 0. The fraction of sp³-hybridized carbons (Fsp3) is 0.867. The second-order valence-electron chi connectivity index (χ2n) is 6.81. The lowest BCUT2D eigenvalue weighted by atomic mass is 9.33. The predicted molar refractivity (Wildman–Crippen MR) is 64.5 cm³/mol. The van der Waals surface area contributed by atoms with Gasteiger partial charge in [0.15, 0.2) is 0 Å². The van der Waals surface area contributed by atoms with Gasteiger partial charge >= 0.3 is 0 Å². The molecule has 15 heavy (non-hydrogen) atoms. The first-order valence-electron chi connectivity index (χ1n) is 6.73. The van der Waals surface area contributed by atoms with E-state index in [1.165, 1.54) is 25.7 Å². The van der Waals surface area contributed by atoms with Crippen LogP contribution in [0.4, 0.5) is 0 Å². The van der Waals surface area contributed by atoms with Crippen molar-refractivity contribution in [1.29, 1.82) is 0 Å². The maximum Gasteiger partial charge on any atom is -0.0115 e. The molecule has 0 heterocycles. The Labute approximate surface area is 94.1 Å². The minimum absolute atomic E-state index is 0.672. The fourth-order valence-corrected chi connectivity index (χ4v) is 5.32. The van der Waals surface area contributed by atoms with E-state index in [0.717, 1.165) is 29.6 Å². The van der Waals surface area contributed by atoms with Gasteiger partial charge in [-0.1, -0.05) is 32.9 Å². The Hall–Kier alpha value is -0.260. The van der Waals surface area contributed by atoms with Gasteiger partial charge < -0.3 is 0 Å². The van der Waals surface area contributed by atoms with Crippen LogP contribution in [0, 0.1) is 35.0 Å². The van der Waals surface area contributed by atoms with E-state index in [1.807, 2.05) is 0 Å². The van der Waals surface area contributed by atoms with Crippen LogP contribution in [-0.2, 0) is 0 Å². The van der Waals surface area contributed by atoms with Crippen molar-refractivity contribution < 1.29 is 0 Å². The fourth-order valence-electron chi connectivity index (χ4n) is 5.32. The summed E-state index contributed by atoms with van der Waals surface area (Å²) in [6, 6.07) is 0. The molecule has 1 unspecified atom stereocenters. The van der Waals surface area contributed by atoms with Crippen molar-refractivity contribution in [2.45, 2.75) is 46.5 Å². The lowest BCUT2D eigenvalue weighted by Crippen LogP contribution is -2.64. The van der Waals surface area contributed by atoms with Gasteiger partial charge in [-0.05, 0) is 60.7 Å². The lowest BCUT2D eigenvalue weighted by Gasteiger charge is -2.71. The van der Waals surface area contributed by atoms with Gasteiger partial charge in [0, 0.05) is 0 Å². The summed E-state index contributed by atoms with van der Waals surface area (Å²) in [5.74, 6) is 4.85. The molecule has 0 saturated heterocycles. The Morgan fingerprint density at radius 3 is 2.67 bits per heavy atom. The van der Waals surface area contributed by atoms with E-state index in [9.17, 15) is 0 Å². The van der Waals surface area contributed by atoms with Crippen LogP contribution in [0.1, 0.15) is 46.5 Å². The van der Waals surface area contributed by atoms with Crippen molar-refractivity contribution >= 4 is 0 Å². The minimum atomic E-state index is 0.672. The first-order valence-corrected chi connectivity index (χ1v) is 6.73. The van der Waals surface area contributed by atoms with Crippen molar-refractivity contribution in [3.8, 4) is 0 Å². The molecule has 0 amide bonds. The molecule has 0 nitrogen and oxygen atoms in total. The van der Waals surface area contributed by atoms with E-state index in [-0.39, 0.29) is 0 Å². The average Bonchev–Trinajstić information content (AvgIpc) is 2.17.